The van der Waals surface area contributed by atoms with Crippen molar-refractivity contribution in [3.05, 3.63) is 53.5 Å². The Morgan fingerprint density at radius 3 is 2.32 bits per heavy atom. The Bertz CT molecular complexity index is 522. The number of hydrogen-bond acceptors (Lipinski definition) is 4. The predicted octanol–water partition coefficient (Wildman–Crippen LogP) is 2.13. The Balaban J connectivity index is 2.13. The van der Waals surface area contributed by atoms with E-state index in [1.807, 2.05) is 7.05 Å². The van der Waals surface area contributed by atoms with Crippen molar-refractivity contribution < 1.29 is 0 Å². The smallest absolute Gasteiger partial charge is 0.151 e. The second-order valence-corrected chi connectivity index (χ2v) is 4.56. The third-order valence-electron chi connectivity index (χ3n) is 3.16. The quantitative estimate of drug-likeness (QED) is 0.890. The highest BCUT2D eigenvalue weighted by Crippen LogP contribution is 2.16. The number of aryl methyl sites for hydroxylation is 1. The highest BCUT2D eigenvalue weighted by Gasteiger charge is 2.09. The van der Waals surface area contributed by atoms with Gasteiger partial charge in [0, 0.05) is 32.5 Å². The van der Waals surface area contributed by atoms with Gasteiger partial charge < -0.3 is 10.6 Å². The lowest BCUT2D eigenvalue weighted by atomic mass is 10.1. The average molecular weight is 256 g/mol. The molecule has 0 aliphatic carbocycles. The van der Waals surface area contributed by atoms with Crippen molar-refractivity contribution in [2.45, 2.75) is 26.4 Å². The summed E-state index contributed by atoms with van der Waals surface area (Å²) in [7, 11) is 2.01. The van der Waals surface area contributed by atoms with Crippen LogP contribution in [-0.2, 0) is 19.5 Å². The molecule has 0 spiro atoms. The van der Waals surface area contributed by atoms with Gasteiger partial charge in [0.2, 0.25) is 0 Å². The summed E-state index contributed by atoms with van der Waals surface area (Å²) >= 11 is 0. The zero-order valence-corrected chi connectivity index (χ0v) is 11.5. The van der Waals surface area contributed by atoms with E-state index in [0.29, 0.717) is 6.54 Å². The lowest BCUT2D eigenvalue weighted by Crippen LogP contribution is -2.21. The molecule has 0 bridgehead atoms. The molecule has 1 heterocycles. The maximum atomic E-state index is 5.69. The van der Waals surface area contributed by atoms with Gasteiger partial charge in [-0.25, -0.2) is 4.98 Å². The highest BCUT2D eigenvalue weighted by atomic mass is 15.2. The van der Waals surface area contributed by atoms with Gasteiger partial charge in [-0.1, -0.05) is 31.2 Å². The predicted molar refractivity (Wildman–Crippen MR) is 77.9 cm³/mol. The number of nitrogens with zero attached hydrogens (tertiary/aromatic N) is 3. The van der Waals surface area contributed by atoms with Crippen molar-refractivity contribution in [1.82, 2.24) is 9.97 Å². The number of nitrogens with two attached hydrogens (primary N) is 1. The molecule has 0 amide bonds. The molecule has 0 fully saturated rings. The van der Waals surface area contributed by atoms with E-state index < -0.39 is 0 Å². The Labute approximate surface area is 114 Å². The number of hydrogen-bond donors (Lipinski definition) is 1. The monoisotopic (exact) mass is 256 g/mol. The summed E-state index contributed by atoms with van der Waals surface area (Å²) in [4.78, 5) is 10.7. The fraction of sp³-hybridized carbons (Fsp3) is 0.333. The van der Waals surface area contributed by atoms with E-state index in [0.717, 1.165) is 24.5 Å². The van der Waals surface area contributed by atoms with Gasteiger partial charge in [0.05, 0.1) is 5.69 Å². The van der Waals surface area contributed by atoms with Crippen LogP contribution < -0.4 is 10.6 Å². The van der Waals surface area contributed by atoms with Gasteiger partial charge in [0.25, 0.3) is 0 Å². The molecule has 0 aliphatic heterocycles. The highest BCUT2D eigenvalue weighted by molar-refractivity contribution is 5.43. The van der Waals surface area contributed by atoms with Gasteiger partial charge in [-0.05, 0) is 17.5 Å². The number of benzene rings is 1. The Kier molecular flexibility index (Phi) is 4.47. The normalized spacial score (nSPS) is 10.5. The van der Waals surface area contributed by atoms with Crippen LogP contribution in [0.2, 0.25) is 0 Å². The maximum absolute atomic E-state index is 5.69. The molecule has 0 atom stereocenters. The van der Waals surface area contributed by atoms with Gasteiger partial charge in [-0.3, -0.25) is 4.98 Å². The third kappa shape index (κ3) is 3.29. The molecule has 0 unspecified atom stereocenters. The summed E-state index contributed by atoms with van der Waals surface area (Å²) in [5, 5.41) is 0. The Morgan fingerprint density at radius 1 is 1.05 bits per heavy atom. The van der Waals surface area contributed by atoms with Crippen LogP contribution in [-0.4, -0.2) is 17.0 Å². The van der Waals surface area contributed by atoms with E-state index in [2.05, 4.69) is 46.1 Å². The Hall–Kier alpha value is -1.94. The Morgan fingerprint density at radius 2 is 1.68 bits per heavy atom. The first-order valence-electron chi connectivity index (χ1n) is 6.53. The summed E-state index contributed by atoms with van der Waals surface area (Å²) < 4.78 is 0. The minimum atomic E-state index is 0.405. The first kappa shape index (κ1) is 13.5. The van der Waals surface area contributed by atoms with E-state index in [9.17, 15) is 0 Å². The number of rotatable bonds is 5. The van der Waals surface area contributed by atoms with Crippen molar-refractivity contribution in [3.8, 4) is 0 Å². The zero-order valence-electron chi connectivity index (χ0n) is 11.5. The van der Waals surface area contributed by atoms with Crippen molar-refractivity contribution in [2.75, 3.05) is 11.9 Å². The van der Waals surface area contributed by atoms with Crippen LogP contribution >= 0.6 is 0 Å². The van der Waals surface area contributed by atoms with Gasteiger partial charge >= 0.3 is 0 Å². The molecule has 4 nitrogen and oxygen atoms in total. The number of aromatic nitrogens is 2. The molecule has 0 saturated carbocycles. The van der Waals surface area contributed by atoms with Gasteiger partial charge in [-0.15, -0.1) is 0 Å². The molecular weight excluding hydrogens is 236 g/mol. The first-order chi connectivity index (χ1) is 9.24. The molecule has 2 N–H and O–H groups in total. The van der Waals surface area contributed by atoms with Crippen LogP contribution in [0.25, 0.3) is 0 Å². The SMILES string of the molecule is CCc1ccc(CN(C)c2nccnc2CN)cc1. The van der Waals surface area contributed by atoms with Crippen molar-refractivity contribution >= 4 is 5.82 Å². The molecule has 100 valence electrons. The standard InChI is InChI=1S/C15H20N4/c1-3-12-4-6-13(7-5-12)11-19(2)15-14(10-16)17-8-9-18-15/h4-9H,3,10-11,16H2,1-2H3. The minimum absolute atomic E-state index is 0.405. The van der Waals surface area contributed by atoms with Gasteiger partial charge in [0.15, 0.2) is 5.82 Å². The van der Waals surface area contributed by atoms with E-state index in [-0.39, 0.29) is 0 Å². The van der Waals surface area contributed by atoms with E-state index >= 15 is 0 Å². The van der Waals surface area contributed by atoms with E-state index in [1.165, 1.54) is 11.1 Å². The second-order valence-electron chi connectivity index (χ2n) is 4.56. The molecular formula is C15H20N4. The van der Waals surface area contributed by atoms with Crippen LogP contribution in [0.1, 0.15) is 23.7 Å². The van der Waals surface area contributed by atoms with Crippen molar-refractivity contribution in [1.29, 1.82) is 0 Å². The van der Waals surface area contributed by atoms with Crippen LogP contribution in [0.4, 0.5) is 5.82 Å². The zero-order chi connectivity index (χ0) is 13.7. The summed E-state index contributed by atoms with van der Waals surface area (Å²) in [6.07, 6.45) is 4.44. The summed E-state index contributed by atoms with van der Waals surface area (Å²) in [5.41, 5.74) is 9.13. The summed E-state index contributed by atoms with van der Waals surface area (Å²) in [6, 6.07) is 8.66. The topological polar surface area (TPSA) is 55.0 Å². The molecule has 1 aromatic heterocycles. The van der Waals surface area contributed by atoms with E-state index in [1.54, 1.807) is 12.4 Å². The molecule has 1 aromatic carbocycles. The molecule has 2 rings (SSSR count). The van der Waals surface area contributed by atoms with Crippen LogP contribution in [0.15, 0.2) is 36.7 Å². The van der Waals surface area contributed by atoms with E-state index in [4.69, 9.17) is 5.73 Å². The molecule has 19 heavy (non-hydrogen) atoms. The van der Waals surface area contributed by atoms with Crippen LogP contribution in [0, 0.1) is 0 Å². The maximum Gasteiger partial charge on any atom is 0.151 e. The van der Waals surface area contributed by atoms with Gasteiger partial charge in [0.1, 0.15) is 0 Å². The first-order valence-corrected chi connectivity index (χ1v) is 6.53. The second kappa shape index (κ2) is 6.29. The summed E-state index contributed by atoms with van der Waals surface area (Å²) in [6.45, 7) is 3.37. The lowest BCUT2D eigenvalue weighted by Gasteiger charge is -2.20. The lowest BCUT2D eigenvalue weighted by molar-refractivity contribution is 0.852. The fourth-order valence-corrected chi connectivity index (χ4v) is 2.05. The molecule has 0 radical (unpaired) electrons. The molecule has 0 saturated heterocycles. The third-order valence-corrected chi connectivity index (χ3v) is 3.16. The van der Waals surface area contributed by atoms with Crippen molar-refractivity contribution in [2.24, 2.45) is 5.73 Å². The fourth-order valence-electron chi connectivity index (χ4n) is 2.05. The molecule has 0 aliphatic rings. The number of anilines is 1. The minimum Gasteiger partial charge on any atom is -0.354 e. The largest absolute Gasteiger partial charge is 0.354 e. The van der Waals surface area contributed by atoms with Crippen LogP contribution in [0.5, 0.6) is 0 Å². The van der Waals surface area contributed by atoms with Gasteiger partial charge in [-0.2, -0.15) is 0 Å². The average Bonchev–Trinajstić information content (AvgIpc) is 2.48. The van der Waals surface area contributed by atoms with Crippen molar-refractivity contribution in [3.63, 3.8) is 0 Å². The van der Waals surface area contributed by atoms with Crippen LogP contribution in [0.3, 0.4) is 0 Å². The molecule has 4 heteroatoms. The summed E-state index contributed by atoms with van der Waals surface area (Å²) in [5.74, 6) is 0.851. The molecule has 2 aromatic rings.